The highest BCUT2D eigenvalue weighted by Gasteiger charge is 2.17. The maximum absolute atomic E-state index is 12.1. The molecule has 1 N–H and O–H groups in total. The first-order valence-electron chi connectivity index (χ1n) is 6.43. The van der Waals surface area contributed by atoms with E-state index in [2.05, 4.69) is 5.32 Å². The van der Waals surface area contributed by atoms with Crippen molar-refractivity contribution in [3.8, 4) is 11.8 Å². The average molecular weight is 335 g/mol. The lowest BCUT2D eigenvalue weighted by atomic mass is 10.2. The Hall–Kier alpha value is -2.22. The van der Waals surface area contributed by atoms with Crippen molar-refractivity contribution in [1.29, 1.82) is 5.26 Å². The Morgan fingerprint density at radius 1 is 1.23 bits per heavy atom. The number of halogens is 2. The molecule has 2 aromatic rings. The van der Waals surface area contributed by atoms with Crippen LogP contribution in [0.5, 0.6) is 5.75 Å². The highest BCUT2D eigenvalue weighted by Crippen LogP contribution is 2.32. The number of carbonyl (C=O) groups is 1. The minimum absolute atomic E-state index is 0.266. The van der Waals surface area contributed by atoms with Gasteiger partial charge in [0.15, 0.2) is 6.10 Å². The average Bonchev–Trinajstić information content (AvgIpc) is 2.52. The maximum Gasteiger partial charge on any atom is 0.265 e. The second-order valence-corrected chi connectivity index (χ2v) is 5.28. The predicted molar refractivity (Wildman–Crippen MR) is 86.3 cm³/mol. The number of benzene rings is 2. The molecule has 1 amide bonds. The minimum Gasteiger partial charge on any atom is -0.479 e. The number of hydrogen-bond acceptors (Lipinski definition) is 3. The first-order valence-corrected chi connectivity index (χ1v) is 7.18. The van der Waals surface area contributed by atoms with Crippen LogP contribution in [0, 0.1) is 11.3 Å². The molecular weight excluding hydrogens is 323 g/mol. The molecule has 0 aliphatic heterocycles. The smallest absolute Gasteiger partial charge is 0.265 e. The van der Waals surface area contributed by atoms with Gasteiger partial charge in [-0.2, -0.15) is 5.26 Å². The largest absolute Gasteiger partial charge is 0.479 e. The lowest BCUT2D eigenvalue weighted by Gasteiger charge is -2.16. The van der Waals surface area contributed by atoms with Crippen molar-refractivity contribution in [1.82, 2.24) is 0 Å². The fraction of sp³-hybridized carbons (Fsp3) is 0.125. The van der Waals surface area contributed by atoms with E-state index in [-0.39, 0.29) is 10.9 Å². The van der Waals surface area contributed by atoms with Crippen LogP contribution < -0.4 is 10.1 Å². The number of amides is 1. The molecule has 0 aliphatic rings. The molecule has 0 saturated heterocycles. The van der Waals surface area contributed by atoms with Crippen LogP contribution in [0.4, 0.5) is 5.69 Å². The number of rotatable bonds is 4. The Morgan fingerprint density at radius 3 is 2.55 bits per heavy atom. The molecule has 2 aromatic carbocycles. The lowest BCUT2D eigenvalue weighted by molar-refractivity contribution is -0.122. The van der Waals surface area contributed by atoms with Gasteiger partial charge in [-0.3, -0.25) is 4.79 Å². The van der Waals surface area contributed by atoms with E-state index in [0.717, 1.165) is 0 Å². The van der Waals surface area contributed by atoms with Crippen molar-refractivity contribution in [3.63, 3.8) is 0 Å². The van der Waals surface area contributed by atoms with E-state index < -0.39 is 6.10 Å². The summed E-state index contributed by atoms with van der Waals surface area (Å²) in [5.41, 5.74) is 1.10. The summed E-state index contributed by atoms with van der Waals surface area (Å²) in [5.74, 6) is 0.0115. The Bertz CT molecular complexity index is 724. The third kappa shape index (κ3) is 3.91. The fourth-order valence-corrected chi connectivity index (χ4v) is 2.03. The van der Waals surface area contributed by atoms with Gasteiger partial charge in [0.2, 0.25) is 0 Å². The third-order valence-electron chi connectivity index (χ3n) is 2.87. The predicted octanol–water partition coefficient (Wildman–Crippen LogP) is 4.27. The Morgan fingerprint density at radius 2 is 1.91 bits per heavy atom. The molecule has 0 radical (unpaired) electrons. The van der Waals surface area contributed by atoms with E-state index in [1.807, 2.05) is 6.07 Å². The van der Waals surface area contributed by atoms with Crippen LogP contribution in [0.2, 0.25) is 10.0 Å². The van der Waals surface area contributed by atoms with Crippen LogP contribution in [-0.2, 0) is 4.79 Å². The van der Waals surface area contributed by atoms with Gasteiger partial charge in [-0.05, 0) is 43.3 Å². The van der Waals surface area contributed by atoms with Crippen LogP contribution in [-0.4, -0.2) is 12.0 Å². The van der Waals surface area contributed by atoms with E-state index in [0.29, 0.717) is 22.0 Å². The zero-order chi connectivity index (χ0) is 16.1. The topological polar surface area (TPSA) is 62.1 Å². The van der Waals surface area contributed by atoms with Crippen molar-refractivity contribution in [2.24, 2.45) is 0 Å². The fourth-order valence-electron chi connectivity index (χ4n) is 1.69. The summed E-state index contributed by atoms with van der Waals surface area (Å²) in [6.45, 7) is 1.61. The van der Waals surface area contributed by atoms with Gasteiger partial charge in [0.1, 0.15) is 10.8 Å². The molecule has 112 valence electrons. The zero-order valence-corrected chi connectivity index (χ0v) is 13.2. The second-order valence-electron chi connectivity index (χ2n) is 4.49. The monoisotopic (exact) mass is 334 g/mol. The molecule has 4 nitrogen and oxygen atoms in total. The summed E-state index contributed by atoms with van der Waals surface area (Å²) in [7, 11) is 0. The SMILES string of the molecule is C[C@@H](Oc1cccc(Cl)c1Cl)C(=O)Nc1ccc(C#N)cc1. The van der Waals surface area contributed by atoms with Crippen molar-refractivity contribution in [2.45, 2.75) is 13.0 Å². The van der Waals surface area contributed by atoms with E-state index in [1.165, 1.54) is 0 Å². The molecule has 0 saturated carbocycles. The Balaban J connectivity index is 2.02. The molecule has 0 fully saturated rings. The van der Waals surface area contributed by atoms with Gasteiger partial charge >= 0.3 is 0 Å². The summed E-state index contributed by atoms with van der Waals surface area (Å²) in [5, 5.41) is 12.1. The number of carbonyl (C=O) groups excluding carboxylic acids is 1. The number of nitrogens with one attached hydrogen (secondary N) is 1. The Labute approximate surface area is 138 Å². The maximum atomic E-state index is 12.1. The van der Waals surface area contributed by atoms with Crippen LogP contribution >= 0.6 is 23.2 Å². The molecule has 2 rings (SSSR count). The molecule has 0 spiro atoms. The molecule has 0 heterocycles. The number of ether oxygens (including phenoxy) is 1. The Kier molecular flexibility index (Phi) is 5.26. The summed E-state index contributed by atoms with van der Waals surface area (Å²) >= 11 is 11.9. The molecule has 0 unspecified atom stereocenters. The van der Waals surface area contributed by atoms with E-state index in [4.69, 9.17) is 33.2 Å². The highest BCUT2D eigenvalue weighted by molar-refractivity contribution is 6.42. The highest BCUT2D eigenvalue weighted by atomic mass is 35.5. The van der Waals surface area contributed by atoms with Gasteiger partial charge in [-0.25, -0.2) is 0 Å². The normalized spacial score (nSPS) is 11.4. The van der Waals surface area contributed by atoms with Crippen molar-refractivity contribution >= 4 is 34.8 Å². The van der Waals surface area contributed by atoms with Gasteiger partial charge in [0, 0.05) is 5.69 Å². The summed E-state index contributed by atoms with van der Waals surface area (Å²) in [6, 6.07) is 13.5. The zero-order valence-electron chi connectivity index (χ0n) is 11.6. The third-order valence-corrected chi connectivity index (χ3v) is 3.67. The number of nitrogens with zero attached hydrogens (tertiary/aromatic N) is 1. The quantitative estimate of drug-likeness (QED) is 0.907. The molecule has 0 aromatic heterocycles. The summed E-state index contributed by atoms with van der Waals surface area (Å²) in [6.07, 6.45) is -0.758. The van der Waals surface area contributed by atoms with Gasteiger partial charge in [0.05, 0.1) is 16.7 Å². The number of anilines is 1. The molecule has 22 heavy (non-hydrogen) atoms. The van der Waals surface area contributed by atoms with Gasteiger partial charge in [-0.1, -0.05) is 29.3 Å². The first kappa shape index (κ1) is 16.2. The molecule has 0 aliphatic carbocycles. The summed E-state index contributed by atoms with van der Waals surface area (Å²) < 4.78 is 5.52. The number of hydrogen-bond donors (Lipinski definition) is 1. The van der Waals surface area contributed by atoms with E-state index >= 15 is 0 Å². The van der Waals surface area contributed by atoms with Gasteiger partial charge < -0.3 is 10.1 Å². The lowest BCUT2D eigenvalue weighted by Crippen LogP contribution is -2.30. The minimum atomic E-state index is -0.758. The molecule has 1 atom stereocenters. The summed E-state index contributed by atoms with van der Waals surface area (Å²) in [4.78, 5) is 12.1. The number of nitriles is 1. The van der Waals surface area contributed by atoms with E-state index in [9.17, 15) is 4.79 Å². The van der Waals surface area contributed by atoms with Gasteiger partial charge in [0.25, 0.3) is 5.91 Å². The van der Waals surface area contributed by atoms with Crippen LogP contribution in [0.3, 0.4) is 0 Å². The molecule has 0 bridgehead atoms. The van der Waals surface area contributed by atoms with Crippen molar-refractivity contribution in [3.05, 3.63) is 58.1 Å². The van der Waals surface area contributed by atoms with Crippen LogP contribution in [0.25, 0.3) is 0 Å². The van der Waals surface area contributed by atoms with Crippen LogP contribution in [0.1, 0.15) is 12.5 Å². The molecule has 6 heteroatoms. The van der Waals surface area contributed by atoms with Crippen molar-refractivity contribution < 1.29 is 9.53 Å². The van der Waals surface area contributed by atoms with Crippen LogP contribution in [0.15, 0.2) is 42.5 Å². The van der Waals surface area contributed by atoms with Gasteiger partial charge in [-0.15, -0.1) is 0 Å². The first-order chi connectivity index (χ1) is 10.5. The van der Waals surface area contributed by atoms with Crippen molar-refractivity contribution in [2.75, 3.05) is 5.32 Å². The standard InChI is InChI=1S/C16H12Cl2N2O2/c1-10(22-14-4-2-3-13(17)15(14)18)16(21)20-12-7-5-11(9-19)6-8-12/h2-8,10H,1H3,(H,20,21)/t10-/m1/s1. The van der Waals surface area contributed by atoms with E-state index in [1.54, 1.807) is 49.4 Å². The molecular formula is C16H12Cl2N2O2. The second kappa shape index (κ2) is 7.17.